The van der Waals surface area contributed by atoms with Crippen LogP contribution in [0.1, 0.15) is 57.2 Å². The van der Waals surface area contributed by atoms with E-state index >= 15 is 0 Å². The molecule has 1 fully saturated rings. The smallest absolute Gasteiger partial charge is 0.100 e. The van der Waals surface area contributed by atoms with Gasteiger partial charge in [0.25, 0.3) is 0 Å². The lowest BCUT2D eigenvalue weighted by Gasteiger charge is -2.38. The highest BCUT2D eigenvalue weighted by Gasteiger charge is 2.33. The topological polar surface area (TPSA) is 20.3 Å². The summed E-state index contributed by atoms with van der Waals surface area (Å²) in [5.41, 5.74) is 2.60. The van der Waals surface area contributed by atoms with Crippen LogP contribution < -0.4 is 0 Å². The van der Waals surface area contributed by atoms with Crippen molar-refractivity contribution in [3.63, 3.8) is 0 Å². The second-order valence-corrected chi connectivity index (χ2v) is 8.62. The Labute approximate surface area is 119 Å². The van der Waals surface area contributed by atoms with Crippen molar-refractivity contribution in [1.29, 1.82) is 0 Å². The maximum absolute atomic E-state index is 12.7. The molecule has 0 amide bonds. The van der Waals surface area contributed by atoms with Crippen molar-refractivity contribution in [2.24, 2.45) is 0 Å². The van der Waals surface area contributed by atoms with Crippen LogP contribution in [0, 0.1) is 6.92 Å². The maximum atomic E-state index is 12.7. The molecule has 19 heavy (non-hydrogen) atoms. The Morgan fingerprint density at radius 1 is 1.26 bits per heavy atom. The van der Waals surface area contributed by atoms with E-state index in [1.54, 1.807) is 0 Å². The highest BCUT2D eigenvalue weighted by atomic mass is 32.2. The number of hydrogen-bond donors (Lipinski definition) is 0. The van der Waals surface area contributed by atoms with E-state index in [9.17, 15) is 4.21 Å². The molecule has 2 rings (SSSR count). The van der Waals surface area contributed by atoms with E-state index in [1.165, 1.54) is 17.5 Å². The Hall–Kier alpha value is -0.670. The summed E-state index contributed by atoms with van der Waals surface area (Å²) in [7, 11) is -0.928. The Morgan fingerprint density at radius 2 is 2.00 bits per heavy atom. The van der Waals surface area contributed by atoms with E-state index < -0.39 is 11.0 Å². The van der Waals surface area contributed by atoms with Gasteiger partial charge in [0.1, 0.15) is 11.0 Å². The zero-order valence-corrected chi connectivity index (χ0v) is 13.3. The summed E-state index contributed by atoms with van der Waals surface area (Å²) in [6.07, 6.45) is 3.51. The lowest BCUT2D eigenvalue weighted by molar-refractivity contribution is 0.264. The minimum Gasteiger partial charge on any atom is -0.242 e. The molecule has 1 aliphatic heterocycles. The van der Waals surface area contributed by atoms with Crippen molar-refractivity contribution in [2.45, 2.75) is 57.7 Å². The Morgan fingerprint density at radius 3 is 2.63 bits per heavy atom. The molecule has 106 valence electrons. The van der Waals surface area contributed by atoms with Crippen LogP contribution >= 0.6 is 0 Å². The van der Waals surface area contributed by atoms with Gasteiger partial charge in [-0.1, -0.05) is 36.2 Å². The van der Waals surface area contributed by atoms with Gasteiger partial charge >= 0.3 is 0 Å². The molecule has 0 saturated carbocycles. The lowest BCUT2D eigenvalue weighted by Crippen LogP contribution is -2.42. The maximum Gasteiger partial charge on any atom is 0.100 e. The van der Waals surface area contributed by atoms with Crippen molar-refractivity contribution < 1.29 is 4.21 Å². The van der Waals surface area contributed by atoms with Gasteiger partial charge in [-0.15, -0.1) is 0 Å². The van der Waals surface area contributed by atoms with Gasteiger partial charge < -0.3 is 0 Å². The predicted octanol–water partition coefficient (Wildman–Crippen LogP) is 3.98. The van der Waals surface area contributed by atoms with E-state index in [1.807, 2.05) is 0 Å². The third kappa shape index (κ3) is 3.46. The molecule has 1 aromatic rings. The minimum atomic E-state index is -0.928. The standard InChI is InChI=1S/C16H25NOS/c1-13-8-7-9-14(12-13)15-10-5-6-11-17(15)19(18)16(2,3)4/h7-9,12,15H,5-6,10-11H2,1-4H3/t15-,19-/m1/s1. The fourth-order valence-electron chi connectivity index (χ4n) is 2.67. The van der Waals surface area contributed by atoms with Crippen LogP contribution in [0.3, 0.4) is 0 Å². The monoisotopic (exact) mass is 279 g/mol. The number of nitrogens with zero attached hydrogens (tertiary/aromatic N) is 1. The van der Waals surface area contributed by atoms with E-state index in [-0.39, 0.29) is 4.75 Å². The zero-order valence-electron chi connectivity index (χ0n) is 12.5. The van der Waals surface area contributed by atoms with Gasteiger partial charge in [-0.3, -0.25) is 0 Å². The largest absolute Gasteiger partial charge is 0.242 e. The zero-order chi connectivity index (χ0) is 14.0. The first-order valence-electron chi connectivity index (χ1n) is 7.15. The minimum absolute atomic E-state index is 0.181. The number of piperidine rings is 1. The summed E-state index contributed by atoms with van der Waals surface area (Å²) in [5, 5.41) is 0. The molecule has 3 heteroatoms. The Kier molecular flexibility index (Phi) is 4.46. The molecule has 1 heterocycles. The van der Waals surface area contributed by atoms with E-state index in [4.69, 9.17) is 0 Å². The number of rotatable bonds is 2. The third-order valence-corrected chi connectivity index (χ3v) is 5.53. The van der Waals surface area contributed by atoms with Crippen LogP contribution in [0.25, 0.3) is 0 Å². The summed E-state index contributed by atoms with van der Waals surface area (Å²) < 4.78 is 14.8. The molecule has 0 N–H and O–H groups in total. The molecule has 0 aliphatic carbocycles. The molecule has 2 nitrogen and oxygen atoms in total. The number of aryl methyl sites for hydroxylation is 1. The van der Waals surface area contributed by atoms with Gasteiger partial charge in [0.15, 0.2) is 0 Å². The summed E-state index contributed by atoms with van der Waals surface area (Å²) in [6.45, 7) is 9.25. The molecular weight excluding hydrogens is 254 g/mol. The van der Waals surface area contributed by atoms with E-state index in [0.717, 1.165) is 19.4 Å². The number of benzene rings is 1. The van der Waals surface area contributed by atoms with Gasteiger partial charge in [-0.2, -0.15) is 0 Å². The second kappa shape index (κ2) is 5.76. The molecule has 0 bridgehead atoms. The first kappa shape index (κ1) is 14.7. The second-order valence-electron chi connectivity index (χ2n) is 6.43. The summed E-state index contributed by atoms with van der Waals surface area (Å²) in [6, 6.07) is 8.96. The van der Waals surface area contributed by atoms with Crippen molar-refractivity contribution in [2.75, 3.05) is 6.54 Å². The lowest BCUT2D eigenvalue weighted by atomic mass is 9.96. The van der Waals surface area contributed by atoms with Crippen LogP contribution in [0.2, 0.25) is 0 Å². The highest BCUT2D eigenvalue weighted by Crippen LogP contribution is 2.35. The molecular formula is C16H25NOS. The molecule has 2 atom stereocenters. The average Bonchev–Trinajstić information content (AvgIpc) is 2.37. The molecule has 1 saturated heterocycles. The SMILES string of the molecule is Cc1cccc([C@H]2CCCCN2[S@](=O)C(C)(C)C)c1. The van der Waals surface area contributed by atoms with Crippen molar-refractivity contribution in [3.05, 3.63) is 35.4 Å². The first-order chi connectivity index (χ1) is 8.89. The third-order valence-electron chi connectivity index (χ3n) is 3.62. The molecule has 0 spiro atoms. The van der Waals surface area contributed by atoms with Crippen LogP contribution in [0.4, 0.5) is 0 Å². The molecule has 0 aromatic heterocycles. The van der Waals surface area contributed by atoms with Crippen molar-refractivity contribution >= 4 is 11.0 Å². The van der Waals surface area contributed by atoms with Crippen LogP contribution in [-0.4, -0.2) is 19.8 Å². The molecule has 1 aromatic carbocycles. The quantitative estimate of drug-likeness (QED) is 0.801. The highest BCUT2D eigenvalue weighted by molar-refractivity contribution is 7.84. The van der Waals surface area contributed by atoms with Gasteiger partial charge in [-0.25, -0.2) is 8.51 Å². The fraction of sp³-hybridized carbons (Fsp3) is 0.625. The Balaban J connectivity index is 2.28. The van der Waals surface area contributed by atoms with Crippen LogP contribution in [-0.2, 0) is 11.0 Å². The molecule has 0 radical (unpaired) electrons. The molecule has 0 unspecified atom stereocenters. The van der Waals surface area contributed by atoms with Crippen molar-refractivity contribution in [1.82, 2.24) is 4.31 Å². The normalized spacial score (nSPS) is 23.3. The van der Waals surface area contributed by atoms with Crippen LogP contribution in [0.5, 0.6) is 0 Å². The van der Waals surface area contributed by atoms with Gasteiger partial charge in [0, 0.05) is 12.6 Å². The Bertz CT molecular complexity index is 464. The summed E-state index contributed by atoms with van der Waals surface area (Å²) in [4.78, 5) is 0. The average molecular weight is 279 g/mol. The van der Waals surface area contributed by atoms with E-state index in [2.05, 4.69) is 56.3 Å². The van der Waals surface area contributed by atoms with Crippen molar-refractivity contribution in [3.8, 4) is 0 Å². The number of hydrogen-bond acceptors (Lipinski definition) is 1. The summed E-state index contributed by atoms with van der Waals surface area (Å²) >= 11 is 0. The predicted molar refractivity (Wildman–Crippen MR) is 82.4 cm³/mol. The first-order valence-corrected chi connectivity index (χ1v) is 8.25. The molecule has 1 aliphatic rings. The van der Waals surface area contributed by atoms with Gasteiger partial charge in [0.2, 0.25) is 0 Å². The fourth-order valence-corrected chi connectivity index (χ4v) is 4.12. The van der Waals surface area contributed by atoms with Crippen LogP contribution in [0.15, 0.2) is 24.3 Å². The van der Waals surface area contributed by atoms with E-state index in [0.29, 0.717) is 6.04 Å². The summed E-state index contributed by atoms with van der Waals surface area (Å²) in [5.74, 6) is 0. The van der Waals surface area contributed by atoms with Gasteiger partial charge in [0.05, 0.1) is 4.75 Å². The van der Waals surface area contributed by atoms with Gasteiger partial charge in [-0.05, 0) is 46.1 Å².